The van der Waals surface area contributed by atoms with E-state index >= 15 is 0 Å². The predicted octanol–water partition coefficient (Wildman–Crippen LogP) is 3.41. The number of phenols is 1. The molecular weight excluding hydrogens is 364 g/mol. The van der Waals surface area contributed by atoms with Crippen LogP contribution in [0.25, 0.3) is 11.0 Å². The number of ether oxygens (including phenoxy) is 3. The number of carbonyl (C=O) groups is 1. The van der Waals surface area contributed by atoms with E-state index in [0.29, 0.717) is 29.1 Å². The summed E-state index contributed by atoms with van der Waals surface area (Å²) in [4.78, 5) is 23.7. The molecule has 0 saturated heterocycles. The molecule has 0 unspecified atom stereocenters. The lowest BCUT2D eigenvalue weighted by molar-refractivity contribution is -0.147. The number of aromatic hydroxyl groups is 1. The van der Waals surface area contributed by atoms with Crippen LogP contribution in [0.2, 0.25) is 0 Å². The lowest BCUT2D eigenvalue weighted by Gasteiger charge is -2.12. The van der Waals surface area contributed by atoms with Crippen LogP contribution < -0.4 is 15.1 Å². The molecule has 0 aliphatic rings. The molecule has 1 N–H and O–H groups in total. The van der Waals surface area contributed by atoms with Crippen molar-refractivity contribution in [1.82, 2.24) is 0 Å². The average Bonchev–Trinajstić information content (AvgIpc) is 2.69. The van der Waals surface area contributed by atoms with Gasteiger partial charge < -0.3 is 23.7 Å². The maximum Gasteiger partial charge on any atom is 0.344 e. The van der Waals surface area contributed by atoms with Crippen LogP contribution in [-0.4, -0.2) is 24.3 Å². The van der Waals surface area contributed by atoms with Crippen LogP contribution >= 0.6 is 0 Å². The Morgan fingerprint density at radius 2 is 1.82 bits per heavy atom. The summed E-state index contributed by atoms with van der Waals surface area (Å²) in [5.74, 6) is 0.394. The number of rotatable bonds is 8. The fraction of sp³-hybridized carbons (Fsp3) is 0.238. The third-order valence-electron chi connectivity index (χ3n) is 3.86. The van der Waals surface area contributed by atoms with Crippen molar-refractivity contribution in [2.45, 2.75) is 20.0 Å². The Morgan fingerprint density at radius 3 is 2.57 bits per heavy atom. The Bertz CT molecular complexity index is 1020. The van der Waals surface area contributed by atoms with E-state index in [2.05, 4.69) is 0 Å². The zero-order valence-electron chi connectivity index (χ0n) is 15.3. The molecule has 146 valence electrons. The lowest BCUT2D eigenvalue weighted by Crippen LogP contribution is -2.16. The Kier molecular flexibility index (Phi) is 6.16. The highest BCUT2D eigenvalue weighted by molar-refractivity contribution is 5.81. The first-order valence-corrected chi connectivity index (χ1v) is 8.83. The van der Waals surface area contributed by atoms with E-state index in [1.165, 1.54) is 18.2 Å². The summed E-state index contributed by atoms with van der Waals surface area (Å²) in [6, 6.07) is 12.7. The molecule has 0 spiro atoms. The molecule has 0 aliphatic heterocycles. The van der Waals surface area contributed by atoms with E-state index in [1.807, 2.05) is 13.0 Å². The van der Waals surface area contributed by atoms with Crippen molar-refractivity contribution in [3.8, 4) is 17.2 Å². The van der Waals surface area contributed by atoms with Crippen molar-refractivity contribution in [3.63, 3.8) is 0 Å². The van der Waals surface area contributed by atoms with E-state index in [-0.39, 0.29) is 24.5 Å². The minimum absolute atomic E-state index is 0.0258. The first kappa shape index (κ1) is 19.3. The lowest BCUT2D eigenvalue weighted by atomic mass is 10.1. The number of carbonyl (C=O) groups excluding carboxylic acids is 1. The summed E-state index contributed by atoms with van der Waals surface area (Å²) >= 11 is 0. The average molecular weight is 384 g/mol. The van der Waals surface area contributed by atoms with Gasteiger partial charge in [-0.15, -0.1) is 0 Å². The van der Waals surface area contributed by atoms with E-state index in [1.54, 1.807) is 24.3 Å². The molecule has 0 saturated carbocycles. The SMILES string of the molecule is CCCOc1ccccc1OCC(=O)OCc1cc(=O)oc2cc(O)ccc12. The topological polar surface area (TPSA) is 95.2 Å². The summed E-state index contributed by atoms with van der Waals surface area (Å²) in [7, 11) is 0. The first-order valence-electron chi connectivity index (χ1n) is 8.83. The number of benzene rings is 2. The van der Waals surface area contributed by atoms with Gasteiger partial charge >= 0.3 is 11.6 Å². The fourth-order valence-corrected chi connectivity index (χ4v) is 2.58. The molecular formula is C21H20O7. The van der Waals surface area contributed by atoms with Crippen LogP contribution in [0, 0.1) is 0 Å². The molecule has 0 amide bonds. The summed E-state index contributed by atoms with van der Waals surface area (Å²) in [5.41, 5.74) is 0.102. The predicted molar refractivity (Wildman–Crippen MR) is 102 cm³/mol. The van der Waals surface area contributed by atoms with Gasteiger partial charge in [0.05, 0.1) is 6.61 Å². The molecule has 1 aromatic heterocycles. The Morgan fingerprint density at radius 1 is 1.07 bits per heavy atom. The Hall–Kier alpha value is -3.48. The van der Waals surface area contributed by atoms with Gasteiger partial charge in [0.1, 0.15) is 17.9 Å². The number of fused-ring (bicyclic) bond motifs is 1. The summed E-state index contributed by atoms with van der Waals surface area (Å²) < 4.78 is 21.3. The molecule has 2 aromatic carbocycles. The highest BCUT2D eigenvalue weighted by atomic mass is 16.6. The van der Waals surface area contributed by atoms with Crippen molar-refractivity contribution in [3.05, 3.63) is 64.5 Å². The molecule has 0 radical (unpaired) electrons. The third-order valence-corrected chi connectivity index (χ3v) is 3.86. The Labute approximate surface area is 161 Å². The number of hydrogen-bond donors (Lipinski definition) is 1. The monoisotopic (exact) mass is 384 g/mol. The smallest absolute Gasteiger partial charge is 0.344 e. The van der Waals surface area contributed by atoms with Crippen molar-refractivity contribution in [2.75, 3.05) is 13.2 Å². The number of para-hydroxylation sites is 2. The van der Waals surface area contributed by atoms with Gasteiger partial charge in [0, 0.05) is 23.1 Å². The van der Waals surface area contributed by atoms with Gasteiger partial charge in [0.15, 0.2) is 18.1 Å². The molecule has 1 heterocycles. The van der Waals surface area contributed by atoms with E-state index in [4.69, 9.17) is 18.6 Å². The van der Waals surface area contributed by atoms with E-state index in [0.717, 1.165) is 6.42 Å². The molecule has 7 nitrogen and oxygen atoms in total. The van der Waals surface area contributed by atoms with Crippen molar-refractivity contribution >= 4 is 16.9 Å². The summed E-state index contributed by atoms with van der Waals surface area (Å²) in [5, 5.41) is 10.1. The second kappa shape index (κ2) is 8.94. The van der Waals surface area contributed by atoms with E-state index < -0.39 is 11.6 Å². The Balaban J connectivity index is 1.63. The maximum atomic E-state index is 12.1. The molecule has 0 fully saturated rings. The third kappa shape index (κ3) is 4.82. The van der Waals surface area contributed by atoms with Gasteiger partial charge in [-0.1, -0.05) is 19.1 Å². The second-order valence-electron chi connectivity index (χ2n) is 6.02. The van der Waals surface area contributed by atoms with Crippen LogP contribution in [0.5, 0.6) is 17.2 Å². The van der Waals surface area contributed by atoms with Crippen LogP contribution in [-0.2, 0) is 16.1 Å². The quantitative estimate of drug-likeness (QED) is 0.470. The van der Waals surface area contributed by atoms with E-state index in [9.17, 15) is 14.7 Å². The molecule has 0 atom stereocenters. The van der Waals surface area contributed by atoms with Crippen LogP contribution in [0.1, 0.15) is 18.9 Å². The molecule has 0 aliphatic carbocycles. The molecule has 0 bridgehead atoms. The van der Waals surface area contributed by atoms with Crippen LogP contribution in [0.4, 0.5) is 0 Å². The summed E-state index contributed by atoms with van der Waals surface area (Å²) in [6.45, 7) is 2.12. The van der Waals surface area contributed by atoms with Gasteiger partial charge in [-0.3, -0.25) is 0 Å². The number of phenolic OH excluding ortho intramolecular Hbond substituents is 1. The minimum Gasteiger partial charge on any atom is -0.508 e. The second-order valence-corrected chi connectivity index (χ2v) is 6.02. The van der Waals surface area contributed by atoms with Gasteiger partial charge in [0.2, 0.25) is 0 Å². The highest BCUT2D eigenvalue weighted by Crippen LogP contribution is 2.26. The number of esters is 1. The first-order chi connectivity index (χ1) is 13.6. The van der Waals surface area contributed by atoms with Crippen LogP contribution in [0.3, 0.4) is 0 Å². The molecule has 7 heteroatoms. The van der Waals surface area contributed by atoms with Gasteiger partial charge in [0.25, 0.3) is 0 Å². The fourth-order valence-electron chi connectivity index (χ4n) is 2.58. The van der Waals surface area contributed by atoms with Crippen LogP contribution in [0.15, 0.2) is 57.7 Å². The van der Waals surface area contributed by atoms with Gasteiger partial charge in [-0.2, -0.15) is 0 Å². The normalized spacial score (nSPS) is 10.6. The molecule has 3 aromatic rings. The maximum absolute atomic E-state index is 12.1. The highest BCUT2D eigenvalue weighted by Gasteiger charge is 2.12. The molecule has 28 heavy (non-hydrogen) atoms. The number of hydrogen-bond acceptors (Lipinski definition) is 7. The minimum atomic E-state index is -0.595. The van der Waals surface area contributed by atoms with Crippen molar-refractivity contribution in [2.24, 2.45) is 0 Å². The summed E-state index contributed by atoms with van der Waals surface area (Å²) in [6.07, 6.45) is 0.854. The largest absolute Gasteiger partial charge is 0.508 e. The van der Waals surface area contributed by atoms with Crippen molar-refractivity contribution < 1.29 is 28.5 Å². The standard InChI is InChI=1S/C21H20O7/c1-2-9-25-17-5-3-4-6-18(17)26-13-21(24)27-12-14-10-20(23)28-19-11-15(22)7-8-16(14)19/h3-8,10-11,22H,2,9,12-13H2,1H3. The van der Waals surface area contributed by atoms with Gasteiger partial charge in [-0.25, -0.2) is 9.59 Å². The molecule has 3 rings (SSSR count). The van der Waals surface area contributed by atoms with Gasteiger partial charge in [-0.05, 0) is 30.7 Å². The zero-order chi connectivity index (χ0) is 19.9. The zero-order valence-corrected chi connectivity index (χ0v) is 15.3. The van der Waals surface area contributed by atoms with Crippen molar-refractivity contribution in [1.29, 1.82) is 0 Å².